The van der Waals surface area contributed by atoms with Gasteiger partial charge < -0.3 is 5.43 Å². The maximum absolute atomic E-state index is 12.4. The van der Waals surface area contributed by atoms with Gasteiger partial charge in [-0.2, -0.15) is 4.31 Å². The summed E-state index contributed by atoms with van der Waals surface area (Å²) in [5.41, 5.74) is 2.70. The van der Waals surface area contributed by atoms with Crippen LogP contribution < -0.4 is 11.3 Å². The minimum absolute atomic E-state index is 0.00347. The summed E-state index contributed by atoms with van der Waals surface area (Å²) in [4.78, 5) is 3.93. The summed E-state index contributed by atoms with van der Waals surface area (Å²) in [6.45, 7) is 2.45. The van der Waals surface area contributed by atoms with Crippen molar-refractivity contribution in [2.75, 3.05) is 12.0 Å². The lowest BCUT2D eigenvalue weighted by atomic mass is 10.3. The van der Waals surface area contributed by atoms with Crippen LogP contribution in [0.25, 0.3) is 0 Å². The number of hydrazine groups is 1. The summed E-state index contributed by atoms with van der Waals surface area (Å²) in [7, 11) is -3.55. The molecule has 1 aliphatic rings. The highest BCUT2D eigenvalue weighted by atomic mass is 32.2. The van der Waals surface area contributed by atoms with Crippen molar-refractivity contribution in [1.82, 2.24) is 9.29 Å². The van der Waals surface area contributed by atoms with Crippen LogP contribution in [-0.2, 0) is 10.0 Å². The van der Waals surface area contributed by atoms with Crippen molar-refractivity contribution in [2.24, 2.45) is 5.84 Å². The Bertz CT molecular complexity index is 503. The van der Waals surface area contributed by atoms with Crippen LogP contribution in [0.4, 0.5) is 5.69 Å². The fourth-order valence-corrected chi connectivity index (χ4v) is 3.85. The van der Waals surface area contributed by atoms with Gasteiger partial charge in [0.05, 0.1) is 5.69 Å². The molecule has 17 heavy (non-hydrogen) atoms. The third-order valence-electron chi connectivity index (χ3n) is 2.97. The number of hydrogen-bond acceptors (Lipinski definition) is 5. The van der Waals surface area contributed by atoms with Gasteiger partial charge in [0.2, 0.25) is 0 Å². The van der Waals surface area contributed by atoms with Gasteiger partial charge in [-0.15, -0.1) is 0 Å². The van der Waals surface area contributed by atoms with Gasteiger partial charge in [0.1, 0.15) is 0 Å². The zero-order valence-corrected chi connectivity index (χ0v) is 10.4. The maximum Gasteiger partial charge on any atom is 0.262 e. The molecule has 1 aromatic rings. The van der Waals surface area contributed by atoms with Crippen LogP contribution >= 0.6 is 0 Å². The van der Waals surface area contributed by atoms with Crippen LogP contribution in [0.5, 0.6) is 0 Å². The molecule has 0 bridgehead atoms. The van der Waals surface area contributed by atoms with E-state index in [-0.39, 0.29) is 11.1 Å². The summed E-state index contributed by atoms with van der Waals surface area (Å²) in [5, 5.41) is -0.00347. The van der Waals surface area contributed by atoms with Gasteiger partial charge in [-0.25, -0.2) is 13.4 Å². The molecule has 94 valence electrons. The number of anilines is 1. The number of pyridine rings is 1. The number of hydrogen-bond donors (Lipinski definition) is 2. The van der Waals surface area contributed by atoms with E-state index in [1.807, 2.05) is 6.92 Å². The highest BCUT2D eigenvalue weighted by Gasteiger charge is 2.34. The molecule has 2 heterocycles. The number of rotatable bonds is 3. The molecule has 0 aromatic carbocycles. The van der Waals surface area contributed by atoms with E-state index in [2.05, 4.69) is 10.4 Å². The monoisotopic (exact) mass is 256 g/mol. The number of nitrogens with one attached hydrogen (secondary N) is 1. The first-order valence-corrected chi connectivity index (χ1v) is 6.95. The molecular weight excluding hydrogens is 240 g/mol. The minimum atomic E-state index is -3.55. The van der Waals surface area contributed by atoms with E-state index >= 15 is 0 Å². The molecule has 2 rings (SSSR count). The molecule has 1 saturated heterocycles. The Morgan fingerprint density at radius 2 is 2.35 bits per heavy atom. The Morgan fingerprint density at radius 1 is 1.59 bits per heavy atom. The summed E-state index contributed by atoms with van der Waals surface area (Å²) >= 11 is 0. The molecule has 1 unspecified atom stereocenters. The van der Waals surface area contributed by atoms with Gasteiger partial charge in [-0.1, -0.05) is 0 Å². The first kappa shape index (κ1) is 12.3. The van der Waals surface area contributed by atoms with Gasteiger partial charge in [0.15, 0.2) is 5.03 Å². The van der Waals surface area contributed by atoms with Gasteiger partial charge in [0, 0.05) is 18.8 Å². The van der Waals surface area contributed by atoms with E-state index in [4.69, 9.17) is 5.84 Å². The van der Waals surface area contributed by atoms with Crippen molar-refractivity contribution >= 4 is 15.7 Å². The summed E-state index contributed by atoms with van der Waals surface area (Å²) < 4.78 is 26.3. The molecule has 0 radical (unpaired) electrons. The zero-order chi connectivity index (χ0) is 12.5. The van der Waals surface area contributed by atoms with Crippen molar-refractivity contribution in [1.29, 1.82) is 0 Å². The topological polar surface area (TPSA) is 88.3 Å². The standard InChI is InChI=1S/C10H16N4O2S/c1-8-4-3-7-14(8)17(15,16)10-9(13-11)5-2-6-12-10/h2,5-6,8,13H,3-4,7,11H2,1H3. The average molecular weight is 256 g/mol. The summed E-state index contributed by atoms with van der Waals surface area (Å²) in [6.07, 6.45) is 3.23. The maximum atomic E-state index is 12.4. The highest BCUT2D eigenvalue weighted by Crippen LogP contribution is 2.27. The SMILES string of the molecule is CC1CCCN1S(=O)(=O)c1ncccc1NN. The number of nitrogens with two attached hydrogens (primary N) is 1. The molecule has 7 heteroatoms. The van der Waals surface area contributed by atoms with Crippen LogP contribution in [0, 0.1) is 0 Å². The lowest BCUT2D eigenvalue weighted by molar-refractivity contribution is 0.406. The number of nitrogen functional groups attached to an aromatic ring is 1. The van der Waals surface area contributed by atoms with Gasteiger partial charge in [-0.3, -0.25) is 5.84 Å². The lowest BCUT2D eigenvalue weighted by Crippen LogP contribution is -2.34. The number of nitrogens with zero attached hydrogens (tertiary/aromatic N) is 2. The van der Waals surface area contributed by atoms with Crippen LogP contribution in [0.3, 0.4) is 0 Å². The van der Waals surface area contributed by atoms with Crippen LogP contribution in [0.1, 0.15) is 19.8 Å². The van der Waals surface area contributed by atoms with Crippen molar-refractivity contribution in [3.05, 3.63) is 18.3 Å². The van der Waals surface area contributed by atoms with E-state index in [1.165, 1.54) is 10.5 Å². The van der Waals surface area contributed by atoms with Gasteiger partial charge in [0.25, 0.3) is 10.0 Å². The van der Waals surface area contributed by atoms with Crippen LogP contribution in [0.15, 0.2) is 23.4 Å². The second-order valence-corrected chi connectivity index (χ2v) is 5.91. The molecule has 3 N–H and O–H groups in total. The van der Waals surface area contributed by atoms with E-state index in [9.17, 15) is 8.42 Å². The molecule has 1 aliphatic heterocycles. The molecule has 1 aromatic heterocycles. The fraction of sp³-hybridized carbons (Fsp3) is 0.500. The Kier molecular flexibility index (Phi) is 3.32. The van der Waals surface area contributed by atoms with E-state index in [1.54, 1.807) is 12.1 Å². The lowest BCUT2D eigenvalue weighted by Gasteiger charge is -2.21. The summed E-state index contributed by atoms with van der Waals surface area (Å²) in [6, 6.07) is 3.26. The van der Waals surface area contributed by atoms with Crippen LogP contribution in [0.2, 0.25) is 0 Å². The second-order valence-electron chi connectivity index (χ2n) is 4.11. The van der Waals surface area contributed by atoms with Crippen LogP contribution in [-0.4, -0.2) is 30.3 Å². The number of sulfonamides is 1. The Hall–Kier alpha value is -1.18. The first-order chi connectivity index (χ1) is 8.07. The zero-order valence-electron chi connectivity index (χ0n) is 9.63. The predicted octanol–water partition coefficient (Wildman–Crippen LogP) is 0.540. The minimum Gasteiger partial charge on any atom is -0.321 e. The predicted molar refractivity (Wildman–Crippen MR) is 64.6 cm³/mol. The van der Waals surface area contributed by atoms with E-state index < -0.39 is 10.0 Å². The highest BCUT2D eigenvalue weighted by molar-refractivity contribution is 7.89. The quantitative estimate of drug-likeness (QED) is 0.608. The molecule has 6 nitrogen and oxygen atoms in total. The average Bonchev–Trinajstić information content (AvgIpc) is 2.76. The van der Waals surface area contributed by atoms with Crippen molar-refractivity contribution in [2.45, 2.75) is 30.8 Å². The molecule has 0 aliphatic carbocycles. The molecule has 0 saturated carbocycles. The van der Waals surface area contributed by atoms with E-state index in [0.717, 1.165) is 12.8 Å². The molecule has 1 fully saturated rings. The Morgan fingerprint density at radius 3 is 2.94 bits per heavy atom. The smallest absolute Gasteiger partial charge is 0.262 e. The third kappa shape index (κ3) is 2.13. The third-order valence-corrected chi connectivity index (χ3v) is 4.95. The van der Waals surface area contributed by atoms with Crippen molar-refractivity contribution in [3.63, 3.8) is 0 Å². The molecule has 1 atom stereocenters. The summed E-state index contributed by atoms with van der Waals surface area (Å²) in [5.74, 6) is 5.31. The number of aromatic nitrogens is 1. The van der Waals surface area contributed by atoms with E-state index in [0.29, 0.717) is 12.2 Å². The first-order valence-electron chi connectivity index (χ1n) is 5.51. The normalized spacial score (nSPS) is 21.6. The van der Waals surface area contributed by atoms with Gasteiger partial charge in [-0.05, 0) is 31.9 Å². The van der Waals surface area contributed by atoms with Crippen molar-refractivity contribution < 1.29 is 8.42 Å². The molecular formula is C10H16N4O2S. The Balaban J connectivity index is 2.44. The second kappa shape index (κ2) is 4.59. The van der Waals surface area contributed by atoms with Gasteiger partial charge >= 0.3 is 0 Å². The van der Waals surface area contributed by atoms with Crippen molar-refractivity contribution in [3.8, 4) is 0 Å². The largest absolute Gasteiger partial charge is 0.321 e. The fourth-order valence-electron chi connectivity index (χ4n) is 2.08. The Labute approximate surface area is 101 Å². The molecule has 0 amide bonds. The molecule has 0 spiro atoms.